The van der Waals surface area contributed by atoms with Crippen LogP contribution in [0.4, 0.5) is 35.1 Å². The lowest BCUT2D eigenvalue weighted by molar-refractivity contribution is 0.567. The second-order valence-corrected chi connectivity index (χ2v) is 16.1. The van der Waals surface area contributed by atoms with Gasteiger partial charge < -0.3 is 0 Å². The quantitative estimate of drug-likeness (QED) is 0.111. The number of rotatable bonds is 6. The third-order valence-electron chi connectivity index (χ3n) is 8.23. The maximum atomic E-state index is 14.7. The maximum Gasteiger partial charge on any atom is 0.126 e. The predicted molar refractivity (Wildman–Crippen MR) is 160 cm³/mol. The Kier molecular flexibility index (Phi) is 8.95. The summed E-state index contributed by atoms with van der Waals surface area (Å²) in [6, 6.07) is 12.0. The zero-order valence-corrected chi connectivity index (χ0v) is 25.0. The highest BCUT2D eigenvalue weighted by atomic mass is 31.1. The van der Waals surface area contributed by atoms with Gasteiger partial charge in [-0.1, -0.05) is 11.1 Å². The van der Waals surface area contributed by atoms with E-state index in [-0.39, 0.29) is 21.2 Å². The molecule has 4 aromatic carbocycles. The molecule has 2 aliphatic rings. The van der Waals surface area contributed by atoms with Crippen molar-refractivity contribution in [2.24, 2.45) is 0 Å². The topological polar surface area (TPSA) is 0 Å². The van der Waals surface area contributed by atoms with Crippen molar-refractivity contribution in [2.45, 2.75) is 49.8 Å². The Morgan fingerprint density at radius 2 is 0.591 bits per heavy atom. The van der Waals surface area contributed by atoms with Crippen LogP contribution in [0.25, 0.3) is 0 Å². The van der Waals surface area contributed by atoms with E-state index in [0.717, 1.165) is 85.4 Å². The molecule has 0 bridgehead atoms. The first-order valence-corrected chi connectivity index (χ1v) is 17.0. The largest absolute Gasteiger partial charge is 0.207 e. The van der Waals surface area contributed by atoms with Crippen molar-refractivity contribution in [3.63, 3.8) is 0 Å². The van der Waals surface area contributed by atoms with Gasteiger partial charge in [0.15, 0.2) is 0 Å². The zero-order valence-electron chi connectivity index (χ0n) is 23.2. The van der Waals surface area contributed by atoms with Crippen LogP contribution in [0.3, 0.4) is 0 Å². The number of halogens is 8. The Hall–Kier alpha value is -3.08. The molecule has 2 aliphatic carbocycles. The Morgan fingerprint density at radius 1 is 0.364 bits per heavy atom. The summed E-state index contributed by atoms with van der Waals surface area (Å²) >= 11 is 0. The monoisotopic (exact) mass is 648 g/mol. The van der Waals surface area contributed by atoms with E-state index in [1.54, 1.807) is 0 Å². The van der Waals surface area contributed by atoms with Crippen molar-refractivity contribution in [1.82, 2.24) is 0 Å². The molecule has 0 saturated heterocycles. The van der Waals surface area contributed by atoms with Crippen LogP contribution in [0, 0.1) is 46.5 Å². The van der Waals surface area contributed by atoms with E-state index in [9.17, 15) is 35.1 Å². The first-order valence-electron chi connectivity index (χ1n) is 14.2. The van der Waals surface area contributed by atoms with Crippen molar-refractivity contribution in [3.05, 3.63) is 130 Å². The van der Waals surface area contributed by atoms with E-state index in [1.807, 2.05) is 0 Å². The van der Waals surface area contributed by atoms with Crippen molar-refractivity contribution in [2.75, 3.05) is 0 Å². The molecule has 0 aromatic heterocycles. The highest BCUT2D eigenvalue weighted by Gasteiger charge is 2.42. The summed E-state index contributed by atoms with van der Waals surface area (Å²) in [5.41, 5.74) is 1.19. The molecule has 0 fully saturated rings. The van der Waals surface area contributed by atoms with Gasteiger partial charge in [0, 0.05) is 24.3 Å². The predicted octanol–water partition coefficient (Wildman–Crippen LogP) is 8.77. The van der Waals surface area contributed by atoms with Crippen LogP contribution in [0.5, 0.6) is 0 Å². The van der Waals surface area contributed by atoms with Crippen molar-refractivity contribution in [1.29, 1.82) is 0 Å². The van der Waals surface area contributed by atoms with Gasteiger partial charge in [-0.05, 0) is 135 Å². The summed E-state index contributed by atoms with van der Waals surface area (Å²) in [7, 11) is -3.80. The molecule has 10 heteroatoms. The third kappa shape index (κ3) is 6.62. The minimum Gasteiger partial charge on any atom is -0.207 e. The van der Waals surface area contributed by atoms with Crippen molar-refractivity contribution < 1.29 is 35.1 Å². The fourth-order valence-electron chi connectivity index (χ4n) is 6.60. The van der Waals surface area contributed by atoms with E-state index in [0.29, 0.717) is 37.1 Å². The number of allylic oxidation sites excluding steroid dienone is 2. The molecule has 2 unspecified atom stereocenters. The van der Waals surface area contributed by atoms with Crippen LogP contribution in [0.15, 0.2) is 83.9 Å². The Morgan fingerprint density at radius 3 is 0.818 bits per heavy atom. The van der Waals surface area contributed by atoms with Gasteiger partial charge in [-0.2, -0.15) is 0 Å². The van der Waals surface area contributed by atoms with Crippen LogP contribution >= 0.6 is 15.8 Å². The molecule has 0 heterocycles. The molecule has 0 aliphatic heterocycles. The van der Waals surface area contributed by atoms with Crippen LogP contribution in [-0.2, 0) is 0 Å². The Labute approximate surface area is 252 Å². The first kappa shape index (κ1) is 30.9. The van der Waals surface area contributed by atoms with Crippen molar-refractivity contribution >= 4 is 37.1 Å². The second-order valence-electron chi connectivity index (χ2n) is 11.2. The minimum atomic E-state index is -1.90. The normalized spacial score (nSPS) is 18.7. The molecule has 0 saturated carbocycles. The van der Waals surface area contributed by atoms with Crippen LogP contribution in [0.2, 0.25) is 0 Å². The van der Waals surface area contributed by atoms with E-state index in [4.69, 9.17) is 0 Å². The lowest BCUT2D eigenvalue weighted by Crippen LogP contribution is -2.39. The molecule has 228 valence electrons. The van der Waals surface area contributed by atoms with Gasteiger partial charge in [0.25, 0.3) is 0 Å². The fraction of sp³-hybridized carbons (Fsp3) is 0.235. The van der Waals surface area contributed by atoms with Crippen LogP contribution in [-0.4, -0.2) is 11.3 Å². The molecule has 0 N–H and O–H groups in total. The van der Waals surface area contributed by atoms with E-state index in [1.165, 1.54) is 0 Å². The Balaban J connectivity index is 1.62. The highest BCUT2D eigenvalue weighted by molar-refractivity contribution is 7.77. The van der Waals surface area contributed by atoms with Gasteiger partial charge in [0.2, 0.25) is 0 Å². The van der Waals surface area contributed by atoms with Crippen molar-refractivity contribution in [3.8, 4) is 0 Å². The van der Waals surface area contributed by atoms with E-state index >= 15 is 0 Å². The molecule has 0 amide bonds. The smallest absolute Gasteiger partial charge is 0.126 e. The van der Waals surface area contributed by atoms with Gasteiger partial charge in [-0.15, -0.1) is 0 Å². The second kappa shape index (κ2) is 12.7. The molecule has 6 rings (SSSR count). The molecular weight excluding hydrogens is 622 g/mol. The zero-order chi connectivity index (χ0) is 31.1. The standard InChI is InChI=1S/C34H26F8P2/c35-21-7-22(36)12-29(11-21)43(30-13-23(37)8-24(38)14-30)33-5-19-3-1-2-4-20(19)6-34(33)44(31-15-25(39)9-26(40)16-31)32-17-27(41)10-28(42)18-32/h7-18,33-34H,1-6H2. The minimum absolute atomic E-state index is 0.197. The van der Waals surface area contributed by atoms with Gasteiger partial charge in [-0.25, -0.2) is 35.1 Å². The number of benzene rings is 4. The van der Waals surface area contributed by atoms with Crippen LogP contribution in [0.1, 0.15) is 38.5 Å². The van der Waals surface area contributed by atoms with Gasteiger partial charge in [0.05, 0.1) is 0 Å². The summed E-state index contributed by atoms with van der Waals surface area (Å²) < 4.78 is 118. The molecule has 44 heavy (non-hydrogen) atoms. The SMILES string of the molecule is Fc1cc(F)cc(P(c2cc(F)cc(F)c2)C2CC3=C(CCCC3)CC2P(c2cc(F)cc(F)c2)c2cc(F)cc(F)c2)c1. The summed E-state index contributed by atoms with van der Waals surface area (Å²) in [4.78, 5) is 0. The maximum absolute atomic E-state index is 14.7. The Bertz CT molecular complexity index is 1440. The summed E-state index contributed by atoms with van der Waals surface area (Å²) in [5, 5.41) is 0.789. The summed E-state index contributed by atoms with van der Waals surface area (Å²) in [6.07, 6.45) is 4.20. The molecule has 0 spiro atoms. The number of hydrogen-bond donors (Lipinski definition) is 0. The fourth-order valence-corrected chi connectivity index (χ4v) is 13.3. The van der Waals surface area contributed by atoms with Gasteiger partial charge in [0.1, 0.15) is 46.5 Å². The third-order valence-corrected chi connectivity index (χ3v) is 14.1. The lowest BCUT2D eigenvalue weighted by Gasteiger charge is -2.45. The number of hydrogen-bond acceptors (Lipinski definition) is 0. The van der Waals surface area contributed by atoms with Gasteiger partial charge in [-0.3, -0.25) is 0 Å². The molecule has 0 nitrogen and oxygen atoms in total. The first-order chi connectivity index (χ1) is 21.0. The van der Waals surface area contributed by atoms with E-state index in [2.05, 4.69) is 0 Å². The van der Waals surface area contributed by atoms with Gasteiger partial charge >= 0.3 is 0 Å². The average molecular weight is 649 g/mol. The molecular formula is C34H26F8P2. The average Bonchev–Trinajstić information content (AvgIpc) is 2.91. The molecule has 4 aromatic rings. The summed E-state index contributed by atoms with van der Waals surface area (Å²) in [6.45, 7) is 0. The molecule has 0 radical (unpaired) electrons. The highest BCUT2D eigenvalue weighted by Crippen LogP contribution is 2.59. The lowest BCUT2D eigenvalue weighted by atomic mass is 9.82. The summed E-state index contributed by atoms with van der Waals surface area (Å²) in [5.74, 6) is -6.92. The molecule has 2 atom stereocenters. The van der Waals surface area contributed by atoms with E-state index < -0.39 is 73.7 Å². The van der Waals surface area contributed by atoms with Crippen LogP contribution < -0.4 is 21.2 Å².